The lowest BCUT2D eigenvalue weighted by molar-refractivity contribution is -0.120. The van der Waals surface area contributed by atoms with E-state index in [1.54, 1.807) is 14.2 Å². The molecule has 0 bridgehead atoms. The first-order chi connectivity index (χ1) is 8.74. The van der Waals surface area contributed by atoms with Gasteiger partial charge in [0.1, 0.15) is 0 Å². The first kappa shape index (κ1) is 20.7. The maximum absolute atomic E-state index is 11.3. The van der Waals surface area contributed by atoms with Crippen molar-refractivity contribution < 1.29 is 9.53 Å². The van der Waals surface area contributed by atoms with Gasteiger partial charge in [-0.1, -0.05) is 6.92 Å². The average molecular weight is 386 g/mol. The van der Waals surface area contributed by atoms with Crippen LogP contribution in [0.4, 0.5) is 0 Å². The summed E-state index contributed by atoms with van der Waals surface area (Å²) in [7, 11) is 3.39. The first-order valence-corrected chi connectivity index (χ1v) is 6.44. The molecule has 0 saturated carbocycles. The lowest BCUT2D eigenvalue weighted by Gasteiger charge is -2.11. The van der Waals surface area contributed by atoms with Crippen LogP contribution in [-0.4, -0.2) is 52.3 Å². The molecule has 114 valence electrons. The standard InChI is InChI=1S/C12H26N4O2.HI/c1-4-7-14-11(17)6-9-16-12(13-2)15-8-5-10-18-3;/h4-10H2,1-3H3,(H,14,17)(H2,13,15,16);1H. The van der Waals surface area contributed by atoms with E-state index in [0.717, 1.165) is 38.5 Å². The molecule has 6 nitrogen and oxygen atoms in total. The summed E-state index contributed by atoms with van der Waals surface area (Å²) in [6.07, 6.45) is 2.34. The number of aliphatic imine (C=N–C) groups is 1. The Labute approximate surface area is 133 Å². The monoisotopic (exact) mass is 386 g/mol. The van der Waals surface area contributed by atoms with Crippen LogP contribution in [0, 0.1) is 0 Å². The third-order valence-electron chi connectivity index (χ3n) is 2.26. The number of methoxy groups -OCH3 is 1. The van der Waals surface area contributed by atoms with Crippen LogP contribution in [-0.2, 0) is 9.53 Å². The highest BCUT2D eigenvalue weighted by Crippen LogP contribution is 1.81. The molecule has 19 heavy (non-hydrogen) atoms. The molecule has 0 radical (unpaired) electrons. The Morgan fingerprint density at radius 1 is 1.16 bits per heavy atom. The maximum atomic E-state index is 11.3. The Bertz CT molecular complexity index is 250. The van der Waals surface area contributed by atoms with E-state index in [0.29, 0.717) is 13.0 Å². The topological polar surface area (TPSA) is 74.8 Å². The van der Waals surface area contributed by atoms with Crippen LogP contribution < -0.4 is 16.0 Å². The highest BCUT2D eigenvalue weighted by Gasteiger charge is 2.01. The quantitative estimate of drug-likeness (QED) is 0.236. The van der Waals surface area contributed by atoms with Crippen molar-refractivity contribution in [3.05, 3.63) is 0 Å². The maximum Gasteiger partial charge on any atom is 0.221 e. The van der Waals surface area contributed by atoms with Gasteiger partial charge in [0.2, 0.25) is 5.91 Å². The molecule has 1 amide bonds. The number of nitrogens with one attached hydrogen (secondary N) is 3. The molecule has 0 unspecified atom stereocenters. The normalized spacial score (nSPS) is 10.6. The van der Waals surface area contributed by atoms with Gasteiger partial charge in [-0.15, -0.1) is 24.0 Å². The van der Waals surface area contributed by atoms with Gasteiger partial charge in [-0.25, -0.2) is 0 Å². The number of hydrogen-bond acceptors (Lipinski definition) is 3. The molecule has 0 aromatic carbocycles. The highest BCUT2D eigenvalue weighted by molar-refractivity contribution is 14.0. The summed E-state index contributed by atoms with van der Waals surface area (Å²) in [6, 6.07) is 0. The molecule has 0 saturated heterocycles. The molecule has 0 heterocycles. The van der Waals surface area contributed by atoms with Crippen LogP contribution in [0.3, 0.4) is 0 Å². The number of carbonyl (C=O) groups is 1. The van der Waals surface area contributed by atoms with Gasteiger partial charge < -0.3 is 20.7 Å². The number of nitrogens with zero attached hydrogens (tertiary/aromatic N) is 1. The molecule has 0 fully saturated rings. The lowest BCUT2D eigenvalue weighted by atomic mass is 10.4. The minimum atomic E-state index is 0. The van der Waals surface area contributed by atoms with Crippen LogP contribution in [0.5, 0.6) is 0 Å². The molecule has 3 N–H and O–H groups in total. The van der Waals surface area contributed by atoms with Gasteiger partial charge in [-0.2, -0.15) is 0 Å². The number of rotatable bonds is 9. The average Bonchev–Trinajstić information content (AvgIpc) is 2.39. The van der Waals surface area contributed by atoms with Gasteiger partial charge >= 0.3 is 0 Å². The van der Waals surface area contributed by atoms with Crippen LogP contribution in [0.25, 0.3) is 0 Å². The van der Waals surface area contributed by atoms with Gasteiger partial charge in [0.15, 0.2) is 5.96 Å². The minimum Gasteiger partial charge on any atom is -0.385 e. The van der Waals surface area contributed by atoms with Crippen molar-refractivity contribution in [2.75, 3.05) is 40.4 Å². The number of amides is 1. The third kappa shape index (κ3) is 13.7. The first-order valence-electron chi connectivity index (χ1n) is 6.44. The van der Waals surface area contributed by atoms with Gasteiger partial charge in [-0.05, 0) is 12.8 Å². The van der Waals surface area contributed by atoms with Gasteiger partial charge in [0.05, 0.1) is 0 Å². The lowest BCUT2D eigenvalue weighted by Crippen LogP contribution is -2.39. The zero-order valence-electron chi connectivity index (χ0n) is 12.1. The molecule has 0 rings (SSSR count). The summed E-state index contributed by atoms with van der Waals surface area (Å²) in [5, 5.41) is 9.07. The summed E-state index contributed by atoms with van der Waals surface area (Å²) >= 11 is 0. The molecule has 7 heteroatoms. The van der Waals surface area contributed by atoms with Gasteiger partial charge in [0, 0.05) is 46.8 Å². The molecule has 0 aromatic heterocycles. The Hall–Kier alpha value is -0.570. The van der Waals surface area contributed by atoms with Crippen molar-refractivity contribution in [2.45, 2.75) is 26.2 Å². The van der Waals surface area contributed by atoms with E-state index in [2.05, 4.69) is 20.9 Å². The SMILES string of the molecule is CCCNC(=O)CCNC(=NC)NCCCOC.I. The number of hydrogen-bond donors (Lipinski definition) is 3. The van der Waals surface area contributed by atoms with Crippen LogP contribution >= 0.6 is 24.0 Å². The van der Waals surface area contributed by atoms with Crippen molar-refractivity contribution in [2.24, 2.45) is 4.99 Å². The second-order valence-electron chi connectivity index (χ2n) is 3.87. The van der Waals surface area contributed by atoms with Crippen molar-refractivity contribution in [3.63, 3.8) is 0 Å². The van der Waals surface area contributed by atoms with Crippen molar-refractivity contribution >= 4 is 35.8 Å². The van der Waals surface area contributed by atoms with Crippen LogP contribution in [0.1, 0.15) is 26.2 Å². The number of halogens is 1. The molecular weight excluding hydrogens is 359 g/mol. The molecule has 0 atom stereocenters. The van der Waals surface area contributed by atoms with E-state index in [1.807, 2.05) is 6.92 Å². The summed E-state index contributed by atoms with van der Waals surface area (Å²) in [4.78, 5) is 15.4. The Morgan fingerprint density at radius 3 is 2.42 bits per heavy atom. The van der Waals surface area contributed by atoms with Crippen molar-refractivity contribution in [3.8, 4) is 0 Å². The highest BCUT2D eigenvalue weighted by atomic mass is 127. The van der Waals surface area contributed by atoms with E-state index in [9.17, 15) is 4.79 Å². The van der Waals surface area contributed by atoms with Crippen LogP contribution in [0.15, 0.2) is 4.99 Å². The Balaban J connectivity index is 0. The predicted molar refractivity (Wildman–Crippen MR) is 89.2 cm³/mol. The molecule has 0 aromatic rings. The van der Waals surface area contributed by atoms with Crippen molar-refractivity contribution in [1.82, 2.24) is 16.0 Å². The van der Waals surface area contributed by atoms with Crippen molar-refractivity contribution in [1.29, 1.82) is 0 Å². The predicted octanol–water partition coefficient (Wildman–Crippen LogP) is 0.722. The van der Waals surface area contributed by atoms with E-state index < -0.39 is 0 Å². The Kier molecular flexibility index (Phi) is 16.9. The summed E-state index contributed by atoms with van der Waals surface area (Å²) in [5.41, 5.74) is 0. The van der Waals surface area contributed by atoms with Gasteiger partial charge in [-0.3, -0.25) is 9.79 Å². The molecule has 0 aliphatic carbocycles. The Morgan fingerprint density at radius 2 is 1.84 bits per heavy atom. The number of guanidine groups is 1. The second-order valence-corrected chi connectivity index (χ2v) is 3.87. The van der Waals surface area contributed by atoms with Gasteiger partial charge in [0.25, 0.3) is 0 Å². The fraction of sp³-hybridized carbons (Fsp3) is 0.833. The van der Waals surface area contributed by atoms with E-state index >= 15 is 0 Å². The summed E-state index contributed by atoms with van der Waals surface area (Å²) < 4.78 is 4.95. The number of ether oxygens (including phenoxy) is 1. The van der Waals surface area contributed by atoms with E-state index in [-0.39, 0.29) is 29.9 Å². The molecule has 0 aliphatic rings. The summed E-state index contributed by atoms with van der Waals surface area (Å²) in [5.74, 6) is 0.786. The zero-order chi connectivity index (χ0) is 13.6. The second kappa shape index (κ2) is 15.5. The smallest absolute Gasteiger partial charge is 0.221 e. The fourth-order valence-corrected chi connectivity index (χ4v) is 1.29. The minimum absolute atomic E-state index is 0. The van der Waals surface area contributed by atoms with Crippen LogP contribution in [0.2, 0.25) is 0 Å². The fourth-order valence-electron chi connectivity index (χ4n) is 1.29. The number of carbonyl (C=O) groups excluding carboxylic acids is 1. The van der Waals surface area contributed by atoms with E-state index in [4.69, 9.17) is 4.74 Å². The summed E-state index contributed by atoms with van der Waals surface area (Å²) in [6.45, 7) is 4.88. The molecular formula is C12H27IN4O2. The molecule has 0 spiro atoms. The zero-order valence-corrected chi connectivity index (χ0v) is 14.5. The largest absolute Gasteiger partial charge is 0.385 e. The third-order valence-corrected chi connectivity index (χ3v) is 2.26. The van der Waals surface area contributed by atoms with E-state index in [1.165, 1.54) is 0 Å². The molecule has 0 aliphatic heterocycles.